The van der Waals surface area contributed by atoms with Crippen LogP contribution in [0.15, 0.2) is 0 Å². The second-order valence-corrected chi connectivity index (χ2v) is 2.61. The van der Waals surface area contributed by atoms with Gasteiger partial charge in [-0.1, -0.05) is 6.92 Å². The molecule has 1 unspecified atom stereocenters. The van der Waals surface area contributed by atoms with Gasteiger partial charge in [0.1, 0.15) is 0 Å². The third-order valence-corrected chi connectivity index (χ3v) is 1.87. The molecule has 0 aliphatic rings. The minimum absolute atomic E-state index is 0.0533. The molecule has 0 amide bonds. The van der Waals surface area contributed by atoms with Crippen LogP contribution in [0.25, 0.3) is 0 Å². The van der Waals surface area contributed by atoms with Gasteiger partial charge in [-0.3, -0.25) is 4.79 Å². The molecule has 0 fully saturated rings. The molecule has 0 heterocycles. The summed E-state index contributed by atoms with van der Waals surface area (Å²) in [6, 6.07) is 0. The lowest BCUT2D eigenvalue weighted by Crippen LogP contribution is -2.15. The number of carbonyl (C=O) groups is 1. The first-order chi connectivity index (χ1) is 5.11. The van der Waals surface area contributed by atoms with Crippen LogP contribution >= 0.6 is 12.2 Å². The molecule has 0 aromatic rings. The smallest absolute Gasteiger partial charge is 0.306 e. The Hall–Kier alpha value is -0.640. The van der Waals surface area contributed by atoms with Gasteiger partial charge in [0, 0.05) is 5.92 Å². The van der Waals surface area contributed by atoms with Gasteiger partial charge in [-0.05, 0) is 12.2 Å². The maximum Gasteiger partial charge on any atom is 0.306 e. The minimum Gasteiger partial charge on any atom is -0.490 e. The first-order valence-corrected chi connectivity index (χ1v) is 3.67. The van der Waals surface area contributed by atoms with E-state index >= 15 is 0 Å². The molecule has 11 heavy (non-hydrogen) atoms. The molecular formula is C7H12O3S. The van der Waals surface area contributed by atoms with Crippen molar-refractivity contribution in [3.05, 3.63) is 0 Å². The van der Waals surface area contributed by atoms with Crippen LogP contribution in [0, 0.1) is 5.92 Å². The lowest BCUT2D eigenvalue weighted by molar-refractivity contribution is -0.141. The number of thiocarbonyl (C=S) groups is 1. The Morgan fingerprint density at radius 3 is 2.36 bits per heavy atom. The van der Waals surface area contributed by atoms with Gasteiger partial charge in [0.05, 0.1) is 20.6 Å². The zero-order valence-corrected chi connectivity index (χ0v) is 7.73. The molecule has 0 aromatic carbocycles. The summed E-state index contributed by atoms with van der Waals surface area (Å²) in [5.74, 6) is -0.320. The predicted octanol–water partition coefficient (Wildman–Crippen LogP) is 1.16. The van der Waals surface area contributed by atoms with Crippen LogP contribution in [0.1, 0.15) is 13.3 Å². The number of carbonyl (C=O) groups excluding carboxylic acids is 1. The van der Waals surface area contributed by atoms with Crippen molar-refractivity contribution in [2.75, 3.05) is 14.2 Å². The van der Waals surface area contributed by atoms with Crippen molar-refractivity contribution in [2.24, 2.45) is 5.92 Å². The first-order valence-electron chi connectivity index (χ1n) is 3.26. The van der Waals surface area contributed by atoms with Crippen LogP contribution in [-0.2, 0) is 14.3 Å². The van der Waals surface area contributed by atoms with Crippen molar-refractivity contribution in [1.29, 1.82) is 0 Å². The third kappa shape index (κ3) is 3.93. The highest BCUT2D eigenvalue weighted by molar-refractivity contribution is 7.80. The Bertz CT molecular complexity index is 156. The molecule has 0 radical (unpaired) electrons. The van der Waals surface area contributed by atoms with Crippen LogP contribution in [-0.4, -0.2) is 25.2 Å². The van der Waals surface area contributed by atoms with Crippen molar-refractivity contribution < 1.29 is 14.3 Å². The van der Waals surface area contributed by atoms with E-state index < -0.39 is 0 Å². The van der Waals surface area contributed by atoms with E-state index in [1.54, 1.807) is 0 Å². The predicted molar refractivity (Wildman–Crippen MR) is 45.4 cm³/mol. The number of methoxy groups -OCH3 is 2. The van der Waals surface area contributed by atoms with Crippen molar-refractivity contribution >= 4 is 23.2 Å². The largest absolute Gasteiger partial charge is 0.490 e. The van der Waals surface area contributed by atoms with Gasteiger partial charge in [-0.15, -0.1) is 0 Å². The fraction of sp³-hybridized carbons (Fsp3) is 0.714. The van der Waals surface area contributed by atoms with E-state index in [9.17, 15) is 4.79 Å². The zero-order valence-electron chi connectivity index (χ0n) is 6.92. The second-order valence-electron chi connectivity index (χ2n) is 2.20. The summed E-state index contributed by atoms with van der Waals surface area (Å²) in [5, 5.41) is 0.440. The number of hydrogen-bond donors (Lipinski definition) is 0. The van der Waals surface area contributed by atoms with Crippen molar-refractivity contribution in [3.8, 4) is 0 Å². The normalized spacial score (nSPS) is 11.9. The van der Waals surface area contributed by atoms with Gasteiger partial charge in [-0.25, -0.2) is 0 Å². The summed E-state index contributed by atoms with van der Waals surface area (Å²) < 4.78 is 9.24. The SMILES string of the molecule is COC(=O)CC(C)C(=S)OC. The highest BCUT2D eigenvalue weighted by atomic mass is 32.1. The topological polar surface area (TPSA) is 35.5 Å². The van der Waals surface area contributed by atoms with Crippen molar-refractivity contribution in [3.63, 3.8) is 0 Å². The number of rotatable bonds is 3. The molecule has 0 saturated carbocycles. The summed E-state index contributed by atoms with van der Waals surface area (Å²) in [6.07, 6.45) is 0.281. The van der Waals surface area contributed by atoms with Gasteiger partial charge < -0.3 is 9.47 Å². The number of hydrogen-bond acceptors (Lipinski definition) is 4. The van der Waals surface area contributed by atoms with Crippen LogP contribution in [0.4, 0.5) is 0 Å². The summed E-state index contributed by atoms with van der Waals surface area (Å²) in [6.45, 7) is 1.82. The molecule has 0 aromatic heterocycles. The monoisotopic (exact) mass is 176 g/mol. The van der Waals surface area contributed by atoms with Crippen molar-refractivity contribution in [2.45, 2.75) is 13.3 Å². The van der Waals surface area contributed by atoms with Crippen LogP contribution < -0.4 is 0 Å². The third-order valence-electron chi connectivity index (χ3n) is 1.30. The van der Waals surface area contributed by atoms with Gasteiger partial charge >= 0.3 is 5.97 Å². The molecule has 4 heteroatoms. The van der Waals surface area contributed by atoms with Gasteiger partial charge in [0.2, 0.25) is 0 Å². The van der Waals surface area contributed by atoms with E-state index in [1.165, 1.54) is 14.2 Å². The highest BCUT2D eigenvalue weighted by Gasteiger charge is 2.13. The van der Waals surface area contributed by atoms with Gasteiger partial charge in [0.25, 0.3) is 0 Å². The zero-order chi connectivity index (χ0) is 8.85. The standard InChI is InChI=1S/C7H12O3S/c1-5(7(11)10-3)4-6(8)9-2/h5H,4H2,1-3H3. The molecule has 0 N–H and O–H groups in total. The van der Waals surface area contributed by atoms with E-state index in [4.69, 9.17) is 17.0 Å². The van der Waals surface area contributed by atoms with E-state index in [0.29, 0.717) is 5.05 Å². The second kappa shape index (κ2) is 5.07. The van der Waals surface area contributed by atoms with Gasteiger partial charge in [0.15, 0.2) is 5.05 Å². The molecule has 0 spiro atoms. The lowest BCUT2D eigenvalue weighted by atomic mass is 10.1. The van der Waals surface area contributed by atoms with Crippen LogP contribution in [0.2, 0.25) is 0 Å². The van der Waals surface area contributed by atoms with Crippen LogP contribution in [0.5, 0.6) is 0 Å². The summed E-state index contributed by atoms with van der Waals surface area (Å²) >= 11 is 4.81. The Morgan fingerprint density at radius 1 is 1.45 bits per heavy atom. The summed E-state index contributed by atoms with van der Waals surface area (Å²) in [7, 11) is 2.85. The molecule has 0 bridgehead atoms. The molecule has 64 valence electrons. The molecule has 0 saturated heterocycles. The number of esters is 1. The Balaban J connectivity index is 3.77. The van der Waals surface area contributed by atoms with Crippen molar-refractivity contribution in [1.82, 2.24) is 0 Å². The molecule has 0 aliphatic heterocycles. The minimum atomic E-state index is -0.267. The van der Waals surface area contributed by atoms with E-state index in [1.807, 2.05) is 6.92 Å². The molecule has 0 aliphatic carbocycles. The Kier molecular flexibility index (Phi) is 4.77. The number of ether oxygens (including phenoxy) is 2. The fourth-order valence-electron chi connectivity index (χ4n) is 0.618. The molecular weight excluding hydrogens is 164 g/mol. The lowest BCUT2D eigenvalue weighted by Gasteiger charge is -2.09. The van der Waals surface area contributed by atoms with Crippen LogP contribution in [0.3, 0.4) is 0 Å². The Morgan fingerprint density at radius 2 is 2.00 bits per heavy atom. The van der Waals surface area contributed by atoms with E-state index in [0.717, 1.165) is 0 Å². The molecule has 0 rings (SSSR count). The van der Waals surface area contributed by atoms with E-state index in [2.05, 4.69) is 4.74 Å². The Labute approximate surface area is 71.7 Å². The van der Waals surface area contributed by atoms with E-state index in [-0.39, 0.29) is 18.3 Å². The first kappa shape index (κ1) is 10.4. The average Bonchev–Trinajstić information content (AvgIpc) is 2.02. The maximum absolute atomic E-state index is 10.7. The average molecular weight is 176 g/mol. The summed E-state index contributed by atoms with van der Waals surface area (Å²) in [4.78, 5) is 10.7. The maximum atomic E-state index is 10.7. The highest BCUT2D eigenvalue weighted by Crippen LogP contribution is 2.06. The van der Waals surface area contributed by atoms with Gasteiger partial charge in [-0.2, -0.15) is 0 Å². The fourth-order valence-corrected chi connectivity index (χ4v) is 0.701. The molecule has 3 nitrogen and oxygen atoms in total. The summed E-state index contributed by atoms with van der Waals surface area (Å²) in [5.41, 5.74) is 0. The molecule has 1 atom stereocenters. The quantitative estimate of drug-likeness (QED) is 0.477.